The predicted octanol–water partition coefficient (Wildman–Crippen LogP) is 3.87. The van der Waals surface area contributed by atoms with Crippen LogP contribution in [0.15, 0.2) is 85.3 Å². The second-order valence-electron chi connectivity index (χ2n) is 12.1. The summed E-state index contributed by atoms with van der Waals surface area (Å²) in [5, 5.41) is 23.9. The maximum atomic E-state index is 13.7. The van der Waals surface area contributed by atoms with Crippen LogP contribution in [0.25, 0.3) is 39.1 Å². The van der Waals surface area contributed by atoms with E-state index in [4.69, 9.17) is 0 Å². The summed E-state index contributed by atoms with van der Waals surface area (Å²) >= 11 is 0. The van der Waals surface area contributed by atoms with E-state index in [1.807, 2.05) is 35.2 Å². The number of carbonyl (C=O) groups excluding carboxylic acids is 2. The van der Waals surface area contributed by atoms with Crippen molar-refractivity contribution in [3.63, 3.8) is 0 Å². The minimum atomic E-state index is -0.840. The van der Waals surface area contributed by atoms with Crippen LogP contribution in [0.3, 0.4) is 0 Å². The molecule has 2 aliphatic heterocycles. The molecular weight excluding hydrogens is 604 g/mol. The third kappa shape index (κ3) is 6.16. The maximum absolute atomic E-state index is 13.7. The van der Waals surface area contributed by atoms with Crippen LogP contribution >= 0.6 is 0 Å². The van der Waals surface area contributed by atoms with Crippen LogP contribution in [0, 0.1) is 11.3 Å². The van der Waals surface area contributed by atoms with Crippen LogP contribution in [-0.4, -0.2) is 92.1 Å². The van der Waals surface area contributed by atoms with Crippen molar-refractivity contribution in [2.75, 3.05) is 45.1 Å². The van der Waals surface area contributed by atoms with E-state index >= 15 is 0 Å². The zero-order valence-electron chi connectivity index (χ0n) is 26.5. The third-order valence-corrected chi connectivity index (χ3v) is 9.23. The van der Waals surface area contributed by atoms with Gasteiger partial charge in [-0.05, 0) is 67.4 Å². The van der Waals surface area contributed by atoms with Crippen molar-refractivity contribution in [2.45, 2.75) is 18.4 Å². The van der Waals surface area contributed by atoms with Crippen LogP contribution in [0.1, 0.15) is 24.1 Å². The molecule has 1 saturated heterocycles. The van der Waals surface area contributed by atoms with Crippen molar-refractivity contribution in [1.29, 1.82) is 5.26 Å². The van der Waals surface area contributed by atoms with Gasteiger partial charge in [0, 0.05) is 67.0 Å². The van der Waals surface area contributed by atoms with E-state index in [-0.39, 0.29) is 18.4 Å². The lowest BCUT2D eigenvalue weighted by Gasteiger charge is -2.30. The van der Waals surface area contributed by atoms with Crippen molar-refractivity contribution in [2.24, 2.45) is 0 Å². The van der Waals surface area contributed by atoms with Crippen LogP contribution in [0.2, 0.25) is 0 Å². The first-order valence-corrected chi connectivity index (χ1v) is 15.9. The normalized spacial score (nSPS) is 18.0. The molecule has 5 aromatic rings. The molecule has 2 aliphatic rings. The van der Waals surface area contributed by atoms with Crippen molar-refractivity contribution in [3.05, 3.63) is 96.6 Å². The Kier molecular flexibility index (Phi) is 8.46. The second kappa shape index (κ2) is 13.2. The maximum Gasteiger partial charge on any atom is 0.246 e. The van der Waals surface area contributed by atoms with E-state index < -0.39 is 5.54 Å². The zero-order valence-corrected chi connectivity index (χ0v) is 26.5. The number of amides is 2. The number of hydrogen-bond donors (Lipinski definition) is 3. The summed E-state index contributed by atoms with van der Waals surface area (Å²) in [4.78, 5) is 43.7. The Hall–Kier alpha value is -5.77. The summed E-state index contributed by atoms with van der Waals surface area (Å²) in [6, 6.07) is 21.1. The molecule has 0 bridgehead atoms. The number of H-pyrrole nitrogens is 1. The van der Waals surface area contributed by atoms with Crippen LogP contribution < -0.4 is 10.6 Å². The Morgan fingerprint density at radius 2 is 1.79 bits per heavy atom. The van der Waals surface area contributed by atoms with Crippen LogP contribution in [-0.2, 0) is 9.59 Å². The van der Waals surface area contributed by atoms with Crippen LogP contribution in [0.4, 0.5) is 5.69 Å². The first-order chi connectivity index (χ1) is 23.4. The highest BCUT2D eigenvalue weighted by Gasteiger charge is 2.44. The van der Waals surface area contributed by atoms with Gasteiger partial charge in [0.2, 0.25) is 11.8 Å². The highest BCUT2D eigenvalue weighted by atomic mass is 16.2. The predicted molar refractivity (Wildman–Crippen MR) is 182 cm³/mol. The molecule has 0 radical (unpaired) electrons. The van der Waals surface area contributed by atoms with Gasteiger partial charge in [0.1, 0.15) is 23.0 Å². The number of benzene rings is 2. The summed E-state index contributed by atoms with van der Waals surface area (Å²) in [6.45, 7) is 2.50. The number of carbonyl (C=O) groups is 2. The first-order valence-electron chi connectivity index (χ1n) is 15.9. The number of aromatic nitrogens is 5. The standard InChI is InChI=1S/C36H34N10O2/c1-38-36(35(48)42-28-7-8-31-30(20-28)33(44-43-31)27-9-15-39-29(19-27)21-37)12-18-45(23-36)22-32(47)46-16-10-25(11-17-46)24-3-5-26(6-4-24)34-40-13-2-14-41-34/h2-10,13-15,19-20,38H,11-12,16-18,22-23H2,1H3,(H,42,48)(H,43,44). The molecule has 12 nitrogen and oxygen atoms in total. The van der Waals surface area contributed by atoms with E-state index in [0.29, 0.717) is 55.5 Å². The number of likely N-dealkylation sites (tertiary alicyclic amines) is 1. The van der Waals surface area contributed by atoms with Crippen molar-refractivity contribution >= 4 is 34.0 Å². The fourth-order valence-corrected chi connectivity index (χ4v) is 6.46. The SMILES string of the molecule is CNC1(C(=O)Nc2ccc3[nH]nc(-c4ccnc(C#N)c4)c3c2)CCN(CC(=O)N2CC=C(c3ccc(-c4ncccn4)cc3)CC2)C1. The zero-order chi connectivity index (χ0) is 33.1. The van der Waals surface area contributed by atoms with Crippen molar-refractivity contribution < 1.29 is 9.59 Å². The number of anilines is 1. The van der Waals surface area contributed by atoms with Gasteiger partial charge >= 0.3 is 0 Å². The van der Waals surface area contributed by atoms with Crippen molar-refractivity contribution in [3.8, 4) is 28.7 Å². The molecule has 3 N–H and O–H groups in total. The number of nitriles is 1. The van der Waals surface area contributed by atoms with Gasteiger partial charge in [-0.3, -0.25) is 19.6 Å². The van der Waals surface area contributed by atoms with Gasteiger partial charge in [0.25, 0.3) is 0 Å². The van der Waals surface area contributed by atoms with Crippen LogP contribution in [0.5, 0.6) is 0 Å². The molecular formula is C36H34N10O2. The molecule has 7 rings (SSSR count). The average Bonchev–Trinajstić information content (AvgIpc) is 3.77. The van der Waals surface area contributed by atoms with E-state index in [1.54, 1.807) is 43.8 Å². The van der Waals surface area contributed by atoms with E-state index in [9.17, 15) is 14.9 Å². The monoisotopic (exact) mass is 638 g/mol. The molecule has 3 aromatic heterocycles. The number of rotatable bonds is 8. The number of nitrogens with zero attached hydrogens (tertiary/aromatic N) is 7. The Labute approximate surface area is 277 Å². The highest BCUT2D eigenvalue weighted by molar-refractivity contribution is 6.02. The fraction of sp³-hybridized carbons (Fsp3) is 0.250. The summed E-state index contributed by atoms with van der Waals surface area (Å²) in [5.41, 5.74) is 5.66. The van der Waals surface area contributed by atoms with Gasteiger partial charge in [-0.2, -0.15) is 10.4 Å². The van der Waals surface area contributed by atoms with Gasteiger partial charge in [-0.25, -0.2) is 15.0 Å². The molecule has 0 saturated carbocycles. The second-order valence-corrected chi connectivity index (χ2v) is 12.1. The number of nitrogens with one attached hydrogen (secondary N) is 3. The molecule has 48 heavy (non-hydrogen) atoms. The summed E-state index contributed by atoms with van der Waals surface area (Å²) in [5.74, 6) is 0.598. The Morgan fingerprint density at radius 1 is 0.979 bits per heavy atom. The summed E-state index contributed by atoms with van der Waals surface area (Å²) in [7, 11) is 1.79. The van der Waals surface area contributed by atoms with E-state index in [2.05, 4.69) is 65.0 Å². The third-order valence-electron chi connectivity index (χ3n) is 9.23. The summed E-state index contributed by atoms with van der Waals surface area (Å²) in [6.07, 6.45) is 8.53. The molecule has 1 fully saturated rings. The Balaban J connectivity index is 0.966. The first kappa shape index (κ1) is 30.9. The molecule has 240 valence electrons. The number of likely N-dealkylation sites (N-methyl/N-ethyl adjacent to an activating group) is 1. The molecule has 1 unspecified atom stereocenters. The van der Waals surface area contributed by atoms with Gasteiger partial charge in [0.15, 0.2) is 5.82 Å². The minimum absolute atomic E-state index is 0.0581. The van der Waals surface area contributed by atoms with Gasteiger partial charge in [-0.1, -0.05) is 30.3 Å². The molecule has 12 heteroatoms. The largest absolute Gasteiger partial charge is 0.338 e. The average molecular weight is 639 g/mol. The number of aromatic amines is 1. The van der Waals surface area contributed by atoms with Gasteiger partial charge in [0.05, 0.1) is 12.1 Å². The smallest absolute Gasteiger partial charge is 0.246 e. The van der Waals surface area contributed by atoms with Gasteiger partial charge < -0.3 is 15.5 Å². The molecule has 0 spiro atoms. The fourth-order valence-electron chi connectivity index (χ4n) is 6.46. The quantitative estimate of drug-likeness (QED) is 0.230. The molecule has 2 aromatic carbocycles. The topological polar surface area (TPSA) is 156 Å². The van der Waals surface area contributed by atoms with Crippen molar-refractivity contribution in [1.82, 2.24) is 40.3 Å². The Bertz CT molecular complexity index is 2050. The highest BCUT2D eigenvalue weighted by Crippen LogP contribution is 2.30. The number of hydrogen-bond acceptors (Lipinski definition) is 9. The minimum Gasteiger partial charge on any atom is -0.338 e. The molecule has 5 heterocycles. The molecule has 1 atom stereocenters. The number of fused-ring (bicyclic) bond motifs is 1. The number of pyridine rings is 1. The lowest BCUT2D eigenvalue weighted by Crippen LogP contribution is -2.55. The molecule has 2 amide bonds. The Morgan fingerprint density at radius 3 is 2.54 bits per heavy atom. The summed E-state index contributed by atoms with van der Waals surface area (Å²) < 4.78 is 0. The molecule has 0 aliphatic carbocycles. The lowest BCUT2D eigenvalue weighted by molar-refractivity contribution is -0.132. The van der Waals surface area contributed by atoms with Gasteiger partial charge in [-0.15, -0.1) is 0 Å². The lowest BCUT2D eigenvalue weighted by atomic mass is 9.97. The van der Waals surface area contributed by atoms with E-state index in [1.165, 1.54) is 5.57 Å². The van der Waals surface area contributed by atoms with E-state index in [0.717, 1.165) is 34.0 Å².